The summed E-state index contributed by atoms with van der Waals surface area (Å²) in [6.45, 7) is 4.51. The summed E-state index contributed by atoms with van der Waals surface area (Å²) in [5.74, 6) is 1.41. The van der Waals surface area contributed by atoms with E-state index < -0.39 is 23.1 Å². The molecule has 28 heavy (non-hydrogen) atoms. The Morgan fingerprint density at radius 1 is 1.18 bits per heavy atom. The second-order valence-corrected chi connectivity index (χ2v) is 9.88. The molecule has 2 fully saturated rings. The molecule has 2 N–H and O–H groups in total. The Kier molecular flexibility index (Phi) is 4.70. The first-order valence-corrected chi connectivity index (χ1v) is 10.6. The molecule has 4 rings (SSSR count). The van der Waals surface area contributed by atoms with Crippen LogP contribution in [-0.2, 0) is 14.3 Å². The molecule has 7 atom stereocenters. The van der Waals surface area contributed by atoms with E-state index in [0.29, 0.717) is 24.2 Å². The van der Waals surface area contributed by atoms with E-state index in [9.17, 15) is 15.0 Å². The van der Waals surface area contributed by atoms with Crippen molar-refractivity contribution in [1.29, 1.82) is 0 Å². The third kappa shape index (κ3) is 2.48. The monoisotopic (exact) mass is 390 g/mol. The smallest absolute Gasteiger partial charge is 0.335 e. The van der Waals surface area contributed by atoms with E-state index in [4.69, 9.17) is 9.47 Å². The molecule has 0 radical (unpaired) electrons. The summed E-state index contributed by atoms with van der Waals surface area (Å²) in [7, 11) is 3.15. The summed E-state index contributed by atoms with van der Waals surface area (Å²) in [6.07, 6.45) is 9.80. The number of carbonyl (C=O) groups is 1. The van der Waals surface area contributed by atoms with Gasteiger partial charge in [0.15, 0.2) is 6.10 Å². The molecule has 5 nitrogen and oxygen atoms in total. The van der Waals surface area contributed by atoms with Crippen LogP contribution in [0.5, 0.6) is 0 Å². The molecule has 0 heterocycles. The highest BCUT2D eigenvalue weighted by Crippen LogP contribution is 2.67. The normalized spacial score (nSPS) is 45.8. The van der Waals surface area contributed by atoms with E-state index in [0.717, 1.165) is 44.3 Å². The SMILES string of the molecule is COC1=CC2=CC[C@@H]3[C@H](CC[C@@]4(C)[C@H]3CC[C@@]4(O)[C@@H](OC)C(=O)O)[C@@]2(C)CC1. The molecule has 0 aliphatic heterocycles. The van der Waals surface area contributed by atoms with Crippen LogP contribution >= 0.6 is 0 Å². The van der Waals surface area contributed by atoms with Gasteiger partial charge < -0.3 is 19.7 Å². The number of hydrogen-bond acceptors (Lipinski definition) is 4. The summed E-state index contributed by atoms with van der Waals surface area (Å²) in [4.78, 5) is 11.8. The molecule has 0 aromatic heterocycles. The number of carboxylic acid groups (broad SMARTS) is 1. The third-order valence-electron chi connectivity index (χ3n) is 9.10. The lowest BCUT2D eigenvalue weighted by molar-refractivity contribution is -0.198. The lowest BCUT2D eigenvalue weighted by Gasteiger charge is -2.58. The number of ether oxygens (including phenoxy) is 2. The molecule has 4 aliphatic carbocycles. The van der Waals surface area contributed by atoms with Crippen molar-refractivity contribution < 1.29 is 24.5 Å². The van der Waals surface area contributed by atoms with Crippen molar-refractivity contribution in [2.75, 3.05) is 14.2 Å². The van der Waals surface area contributed by atoms with Crippen LogP contribution in [0.2, 0.25) is 0 Å². The van der Waals surface area contributed by atoms with Gasteiger partial charge in [0.05, 0.1) is 12.9 Å². The van der Waals surface area contributed by atoms with Gasteiger partial charge >= 0.3 is 5.97 Å². The number of hydrogen-bond donors (Lipinski definition) is 2. The standard InChI is InChI=1S/C23H34O5/c1-21-10-7-15(27-3)13-14(21)5-6-16-17(21)8-11-22(2)18(16)9-12-23(22,26)19(28-4)20(24)25/h5,13,16-19,26H,6-12H2,1-4H3,(H,24,25)/t16-,17+,18+,19+,21+,22+,23-/m1/s1. The summed E-state index contributed by atoms with van der Waals surface area (Å²) in [5.41, 5.74) is -0.157. The van der Waals surface area contributed by atoms with Crippen LogP contribution in [0.1, 0.15) is 58.8 Å². The lowest BCUT2D eigenvalue weighted by atomic mass is 9.47. The van der Waals surface area contributed by atoms with Gasteiger partial charge in [-0.1, -0.05) is 19.9 Å². The molecule has 156 valence electrons. The van der Waals surface area contributed by atoms with Gasteiger partial charge in [-0.2, -0.15) is 0 Å². The minimum Gasteiger partial charge on any atom is -0.501 e. The fraction of sp³-hybridized carbons (Fsp3) is 0.783. The van der Waals surface area contributed by atoms with Gasteiger partial charge in [-0.05, 0) is 73.3 Å². The van der Waals surface area contributed by atoms with Crippen molar-refractivity contribution in [1.82, 2.24) is 0 Å². The molecule has 0 aromatic rings. The zero-order valence-corrected chi connectivity index (χ0v) is 17.5. The molecule has 0 saturated heterocycles. The van der Waals surface area contributed by atoms with E-state index in [2.05, 4.69) is 26.0 Å². The molecule has 4 aliphatic rings. The molecule has 0 bridgehead atoms. The van der Waals surface area contributed by atoms with Gasteiger partial charge in [-0.3, -0.25) is 0 Å². The Morgan fingerprint density at radius 2 is 1.89 bits per heavy atom. The van der Waals surface area contributed by atoms with Crippen LogP contribution in [-0.4, -0.2) is 42.1 Å². The highest BCUT2D eigenvalue weighted by atomic mass is 16.5. The average Bonchev–Trinajstić information content (AvgIpc) is 2.93. The van der Waals surface area contributed by atoms with E-state index in [1.165, 1.54) is 12.7 Å². The van der Waals surface area contributed by atoms with E-state index in [1.54, 1.807) is 7.11 Å². The molecule has 2 saturated carbocycles. The molecule has 0 aromatic carbocycles. The summed E-state index contributed by atoms with van der Waals surface area (Å²) >= 11 is 0. The maximum atomic E-state index is 11.8. The van der Waals surface area contributed by atoms with Gasteiger partial charge in [0.25, 0.3) is 0 Å². The Labute approximate surface area is 167 Å². The minimum absolute atomic E-state index is 0.153. The highest BCUT2D eigenvalue weighted by Gasteiger charge is 2.67. The highest BCUT2D eigenvalue weighted by molar-refractivity contribution is 5.74. The first-order valence-electron chi connectivity index (χ1n) is 10.6. The molecular weight excluding hydrogens is 356 g/mol. The van der Waals surface area contributed by atoms with Crippen molar-refractivity contribution in [2.45, 2.75) is 70.5 Å². The lowest BCUT2D eigenvalue weighted by Crippen LogP contribution is -2.60. The number of methoxy groups -OCH3 is 2. The number of aliphatic carboxylic acids is 1. The fourth-order valence-electron chi connectivity index (χ4n) is 7.44. The summed E-state index contributed by atoms with van der Waals surface area (Å²) in [6, 6.07) is 0. The molecule has 0 amide bonds. The number of allylic oxidation sites excluding steroid dienone is 4. The van der Waals surface area contributed by atoms with Crippen molar-refractivity contribution in [3.05, 3.63) is 23.5 Å². The van der Waals surface area contributed by atoms with Crippen LogP contribution in [0.4, 0.5) is 0 Å². The van der Waals surface area contributed by atoms with Gasteiger partial charge in [0.2, 0.25) is 0 Å². The minimum atomic E-state index is -1.30. The van der Waals surface area contributed by atoms with Gasteiger partial charge in [0, 0.05) is 18.9 Å². The molecule has 0 unspecified atom stereocenters. The van der Waals surface area contributed by atoms with Gasteiger partial charge in [0.1, 0.15) is 5.60 Å². The number of carboxylic acids is 1. The first kappa shape index (κ1) is 20.0. The molecular formula is C23H34O5. The van der Waals surface area contributed by atoms with Gasteiger partial charge in [-0.25, -0.2) is 4.79 Å². The molecule has 5 heteroatoms. The van der Waals surface area contributed by atoms with Crippen molar-refractivity contribution >= 4 is 5.97 Å². The Balaban J connectivity index is 1.68. The van der Waals surface area contributed by atoms with E-state index >= 15 is 0 Å². The van der Waals surface area contributed by atoms with Crippen molar-refractivity contribution in [3.63, 3.8) is 0 Å². The largest absolute Gasteiger partial charge is 0.501 e. The van der Waals surface area contributed by atoms with Crippen LogP contribution in [0.3, 0.4) is 0 Å². The quantitative estimate of drug-likeness (QED) is 0.761. The summed E-state index contributed by atoms with van der Waals surface area (Å²) in [5, 5.41) is 21.2. The van der Waals surface area contributed by atoms with E-state index in [1.807, 2.05) is 0 Å². The zero-order chi connectivity index (χ0) is 20.3. The second kappa shape index (κ2) is 6.60. The number of aliphatic hydroxyl groups is 1. The predicted octanol–water partition coefficient (Wildman–Crippen LogP) is 3.92. The summed E-state index contributed by atoms with van der Waals surface area (Å²) < 4.78 is 10.8. The number of fused-ring (bicyclic) bond motifs is 5. The average molecular weight is 391 g/mol. The topological polar surface area (TPSA) is 76.0 Å². The van der Waals surface area contributed by atoms with Crippen LogP contribution in [0, 0.1) is 28.6 Å². The fourth-order valence-corrected chi connectivity index (χ4v) is 7.44. The maximum absolute atomic E-state index is 11.8. The molecule has 0 spiro atoms. The van der Waals surface area contributed by atoms with Crippen LogP contribution in [0.25, 0.3) is 0 Å². The second-order valence-electron chi connectivity index (χ2n) is 9.88. The van der Waals surface area contributed by atoms with Crippen molar-refractivity contribution in [3.8, 4) is 0 Å². The first-order chi connectivity index (χ1) is 13.2. The van der Waals surface area contributed by atoms with E-state index in [-0.39, 0.29) is 5.41 Å². The maximum Gasteiger partial charge on any atom is 0.335 e. The Hall–Kier alpha value is -1.33. The van der Waals surface area contributed by atoms with Gasteiger partial charge in [-0.15, -0.1) is 0 Å². The Morgan fingerprint density at radius 3 is 2.54 bits per heavy atom. The zero-order valence-electron chi connectivity index (χ0n) is 17.5. The predicted molar refractivity (Wildman–Crippen MR) is 106 cm³/mol. The van der Waals surface area contributed by atoms with Crippen LogP contribution < -0.4 is 0 Å². The third-order valence-corrected chi connectivity index (χ3v) is 9.10. The Bertz CT molecular complexity index is 727. The number of rotatable bonds is 4. The van der Waals surface area contributed by atoms with Crippen molar-refractivity contribution in [2.24, 2.45) is 28.6 Å². The van der Waals surface area contributed by atoms with Crippen LogP contribution in [0.15, 0.2) is 23.5 Å².